The first-order valence-electron chi connectivity index (χ1n) is 8.88. The lowest BCUT2D eigenvalue weighted by Gasteiger charge is -2.32. The van der Waals surface area contributed by atoms with E-state index in [1.54, 1.807) is 4.57 Å². The number of methoxy groups -OCH3 is 1. The highest BCUT2D eigenvalue weighted by Gasteiger charge is 2.33. The molecule has 0 atom stereocenters. The number of hydrogen-bond acceptors (Lipinski definition) is 6. The summed E-state index contributed by atoms with van der Waals surface area (Å²) in [5, 5.41) is 12.5. The molecule has 1 aliphatic carbocycles. The highest BCUT2D eigenvalue weighted by Crippen LogP contribution is 2.45. The first-order valence-corrected chi connectivity index (χ1v) is 8.88. The number of aromatic carboxylic acids is 1. The number of hydrogen-bond donors (Lipinski definition) is 3. The molecule has 1 aromatic heterocycles. The lowest BCUT2D eigenvalue weighted by molar-refractivity contribution is 0.0695. The van der Waals surface area contributed by atoms with Gasteiger partial charge in [-0.25, -0.2) is 9.18 Å². The Morgan fingerprint density at radius 1 is 1.37 bits per heavy atom. The van der Waals surface area contributed by atoms with Gasteiger partial charge in [-0.05, 0) is 12.8 Å². The summed E-state index contributed by atoms with van der Waals surface area (Å²) in [5.41, 5.74) is 5.07. The van der Waals surface area contributed by atoms with Gasteiger partial charge in [-0.3, -0.25) is 4.79 Å². The number of nitrogens with two attached hydrogens (primary N) is 1. The van der Waals surface area contributed by atoms with Gasteiger partial charge < -0.3 is 30.4 Å². The van der Waals surface area contributed by atoms with Crippen molar-refractivity contribution in [1.82, 2.24) is 9.88 Å². The zero-order valence-corrected chi connectivity index (χ0v) is 14.9. The molecule has 1 aliphatic heterocycles. The van der Waals surface area contributed by atoms with Gasteiger partial charge in [0, 0.05) is 38.4 Å². The van der Waals surface area contributed by atoms with Gasteiger partial charge in [-0.15, -0.1) is 0 Å². The fourth-order valence-corrected chi connectivity index (χ4v) is 3.72. The average Bonchev–Trinajstić information content (AvgIpc) is 3.49. The Labute approximate surface area is 154 Å². The van der Waals surface area contributed by atoms with Crippen molar-refractivity contribution in [3.8, 4) is 5.75 Å². The Kier molecular flexibility index (Phi) is 4.18. The molecular weight excluding hydrogens is 355 g/mol. The van der Waals surface area contributed by atoms with Crippen LogP contribution in [0.1, 0.15) is 29.2 Å². The monoisotopic (exact) mass is 376 g/mol. The van der Waals surface area contributed by atoms with Crippen molar-refractivity contribution < 1.29 is 19.0 Å². The number of nitrogens with zero attached hydrogens (tertiary/aromatic N) is 2. The summed E-state index contributed by atoms with van der Waals surface area (Å²) < 4.78 is 22.5. The molecule has 0 bridgehead atoms. The van der Waals surface area contributed by atoms with E-state index in [9.17, 15) is 14.7 Å². The minimum Gasteiger partial charge on any atom is -0.492 e. The fourth-order valence-electron chi connectivity index (χ4n) is 3.72. The second-order valence-electron chi connectivity index (χ2n) is 6.89. The number of benzene rings is 1. The third kappa shape index (κ3) is 2.69. The maximum atomic E-state index is 15.3. The summed E-state index contributed by atoms with van der Waals surface area (Å²) in [7, 11) is 1.42. The third-order valence-electron chi connectivity index (χ3n) is 5.19. The van der Waals surface area contributed by atoms with E-state index >= 15 is 4.39 Å². The predicted octanol–water partition coefficient (Wildman–Crippen LogP) is 1.17. The van der Waals surface area contributed by atoms with E-state index in [2.05, 4.69) is 5.32 Å². The van der Waals surface area contributed by atoms with E-state index < -0.39 is 22.8 Å². The molecule has 1 saturated carbocycles. The van der Waals surface area contributed by atoms with Gasteiger partial charge in [0.05, 0.1) is 23.7 Å². The van der Waals surface area contributed by atoms with Crippen molar-refractivity contribution in [1.29, 1.82) is 0 Å². The predicted molar refractivity (Wildman–Crippen MR) is 99.4 cm³/mol. The van der Waals surface area contributed by atoms with Crippen LogP contribution in [0.2, 0.25) is 0 Å². The number of carboxylic acid groups (broad SMARTS) is 1. The summed E-state index contributed by atoms with van der Waals surface area (Å²) in [6, 6.07) is 0.0424. The standard InChI is InChI=1S/C18H21FN4O4/c1-27-17-14-11(13(20)12(19)15(17)22-6-4-21-5-7-22)16(24)10(18(25)26)8-23(14)9-2-3-9/h8-9,21H,2-7,20H2,1H3,(H,25,26). The second kappa shape index (κ2) is 6.41. The zero-order chi connectivity index (χ0) is 19.3. The van der Waals surface area contributed by atoms with Gasteiger partial charge in [0.15, 0.2) is 11.6 Å². The molecule has 4 rings (SSSR count). The number of piperazine rings is 1. The molecule has 9 heteroatoms. The van der Waals surface area contributed by atoms with Crippen LogP contribution in [0, 0.1) is 5.82 Å². The second-order valence-corrected chi connectivity index (χ2v) is 6.89. The Bertz CT molecular complexity index is 993. The van der Waals surface area contributed by atoms with Crippen LogP contribution in [0.3, 0.4) is 0 Å². The first kappa shape index (κ1) is 17.6. The van der Waals surface area contributed by atoms with Crippen LogP contribution in [-0.4, -0.2) is 48.9 Å². The molecule has 1 saturated heterocycles. The molecule has 144 valence electrons. The van der Waals surface area contributed by atoms with Crippen LogP contribution in [-0.2, 0) is 0 Å². The highest BCUT2D eigenvalue weighted by atomic mass is 19.1. The zero-order valence-electron chi connectivity index (χ0n) is 14.9. The maximum Gasteiger partial charge on any atom is 0.341 e. The summed E-state index contributed by atoms with van der Waals surface area (Å²) in [4.78, 5) is 26.1. The minimum absolute atomic E-state index is 0.0424. The van der Waals surface area contributed by atoms with E-state index in [1.165, 1.54) is 13.3 Å². The molecule has 0 unspecified atom stereocenters. The van der Waals surface area contributed by atoms with Crippen LogP contribution < -0.4 is 26.1 Å². The minimum atomic E-state index is -1.36. The van der Waals surface area contributed by atoms with Crippen molar-refractivity contribution in [2.45, 2.75) is 18.9 Å². The summed E-state index contributed by atoms with van der Waals surface area (Å²) in [5.74, 6) is -1.89. The van der Waals surface area contributed by atoms with Crippen molar-refractivity contribution >= 4 is 28.2 Å². The molecular formula is C18H21FN4O4. The number of nitrogens with one attached hydrogen (secondary N) is 1. The van der Waals surface area contributed by atoms with Crippen molar-refractivity contribution in [3.05, 3.63) is 27.8 Å². The molecule has 2 fully saturated rings. The van der Waals surface area contributed by atoms with E-state index in [0.717, 1.165) is 12.8 Å². The van der Waals surface area contributed by atoms with Crippen molar-refractivity contribution in [3.63, 3.8) is 0 Å². The van der Waals surface area contributed by atoms with Crippen LogP contribution in [0.25, 0.3) is 10.9 Å². The quantitative estimate of drug-likeness (QED) is 0.687. The van der Waals surface area contributed by atoms with Gasteiger partial charge >= 0.3 is 5.97 Å². The van der Waals surface area contributed by atoms with Crippen molar-refractivity contribution in [2.24, 2.45) is 0 Å². The van der Waals surface area contributed by atoms with Gasteiger partial charge in [0.2, 0.25) is 5.43 Å². The molecule has 2 aliphatic rings. The Morgan fingerprint density at radius 2 is 2.04 bits per heavy atom. The van der Waals surface area contributed by atoms with Gasteiger partial charge in [-0.2, -0.15) is 0 Å². The number of aromatic nitrogens is 1. The molecule has 27 heavy (non-hydrogen) atoms. The molecule has 2 heterocycles. The lowest BCUT2D eigenvalue weighted by atomic mass is 10.1. The molecule has 1 aromatic carbocycles. The van der Waals surface area contributed by atoms with E-state index in [-0.39, 0.29) is 28.6 Å². The number of rotatable bonds is 4. The summed E-state index contributed by atoms with van der Waals surface area (Å²) in [6.07, 6.45) is 3.02. The van der Waals surface area contributed by atoms with Crippen LogP contribution in [0.5, 0.6) is 5.75 Å². The third-order valence-corrected chi connectivity index (χ3v) is 5.19. The molecule has 4 N–H and O–H groups in total. The molecule has 2 aromatic rings. The Balaban J connectivity index is 2.12. The molecule has 8 nitrogen and oxygen atoms in total. The van der Waals surface area contributed by atoms with E-state index in [4.69, 9.17) is 10.5 Å². The average molecular weight is 376 g/mol. The Morgan fingerprint density at radius 3 is 2.59 bits per heavy atom. The van der Waals surface area contributed by atoms with Crippen molar-refractivity contribution in [2.75, 3.05) is 43.9 Å². The van der Waals surface area contributed by atoms with Crippen LogP contribution in [0.15, 0.2) is 11.0 Å². The smallest absolute Gasteiger partial charge is 0.341 e. The molecule has 0 spiro atoms. The topological polar surface area (TPSA) is 110 Å². The first-order chi connectivity index (χ1) is 13.0. The maximum absolute atomic E-state index is 15.3. The number of carbonyl (C=O) groups is 1. The van der Waals surface area contributed by atoms with Gasteiger partial charge in [0.1, 0.15) is 11.3 Å². The van der Waals surface area contributed by atoms with Gasteiger partial charge in [-0.1, -0.05) is 0 Å². The number of fused-ring (bicyclic) bond motifs is 1. The highest BCUT2D eigenvalue weighted by molar-refractivity contribution is 6.03. The summed E-state index contributed by atoms with van der Waals surface area (Å²) in [6.45, 7) is 2.51. The fraction of sp³-hybridized carbons (Fsp3) is 0.444. The number of halogens is 1. The number of nitrogen functional groups attached to an aromatic ring is 1. The summed E-state index contributed by atoms with van der Waals surface area (Å²) >= 11 is 0. The lowest BCUT2D eigenvalue weighted by Crippen LogP contribution is -2.44. The van der Waals surface area contributed by atoms with Crippen LogP contribution in [0.4, 0.5) is 15.8 Å². The SMILES string of the molecule is COc1c(N2CCNCC2)c(F)c(N)c2c(=O)c(C(=O)O)cn(C3CC3)c12. The number of pyridine rings is 1. The molecule has 0 radical (unpaired) electrons. The number of ether oxygens (including phenoxy) is 1. The van der Waals surface area contributed by atoms with E-state index in [0.29, 0.717) is 31.7 Å². The van der Waals surface area contributed by atoms with Gasteiger partial charge in [0.25, 0.3) is 0 Å². The number of anilines is 2. The Hall–Kier alpha value is -2.81. The number of carboxylic acids is 1. The van der Waals surface area contributed by atoms with Crippen LogP contribution >= 0.6 is 0 Å². The normalized spacial score (nSPS) is 17.3. The molecule has 0 amide bonds. The van der Waals surface area contributed by atoms with E-state index in [1.807, 2.05) is 4.90 Å². The largest absolute Gasteiger partial charge is 0.492 e.